The molecule has 0 aliphatic carbocycles. The lowest BCUT2D eigenvalue weighted by molar-refractivity contribution is 0.174. The van der Waals surface area contributed by atoms with Gasteiger partial charge in [0.25, 0.3) is 0 Å². The molecule has 0 saturated carbocycles. The standard InChI is InChI=1S/C19H24FN3O/c1-24-14-19-21-11-17(12-22-19)13-23-8-6-16(7-9-23)10-15-2-4-18(20)5-3-15/h2-5,11-12,16H,6-10,13-14H2,1H3. The van der Waals surface area contributed by atoms with E-state index in [2.05, 4.69) is 14.9 Å². The van der Waals surface area contributed by atoms with Gasteiger partial charge in [0.15, 0.2) is 5.82 Å². The van der Waals surface area contributed by atoms with Crippen LogP contribution in [0.15, 0.2) is 36.7 Å². The summed E-state index contributed by atoms with van der Waals surface area (Å²) in [7, 11) is 1.65. The quantitative estimate of drug-likeness (QED) is 0.816. The molecule has 3 rings (SSSR count). The predicted molar refractivity (Wildman–Crippen MR) is 90.9 cm³/mol. The van der Waals surface area contributed by atoms with E-state index in [1.807, 2.05) is 24.5 Å². The lowest BCUT2D eigenvalue weighted by Gasteiger charge is -2.32. The fourth-order valence-electron chi connectivity index (χ4n) is 3.23. The van der Waals surface area contributed by atoms with Gasteiger partial charge in [-0.1, -0.05) is 12.1 Å². The molecular formula is C19H24FN3O. The molecule has 0 unspecified atom stereocenters. The molecule has 1 aromatic carbocycles. The van der Waals surface area contributed by atoms with Crippen molar-refractivity contribution in [1.29, 1.82) is 0 Å². The minimum Gasteiger partial charge on any atom is -0.377 e. The van der Waals surface area contributed by atoms with E-state index in [4.69, 9.17) is 4.74 Å². The molecule has 0 amide bonds. The molecule has 128 valence electrons. The predicted octanol–water partition coefficient (Wildman–Crippen LogP) is 3.22. The Hall–Kier alpha value is -1.85. The highest BCUT2D eigenvalue weighted by Gasteiger charge is 2.19. The number of benzene rings is 1. The summed E-state index contributed by atoms with van der Waals surface area (Å²) in [5.41, 5.74) is 2.38. The summed E-state index contributed by atoms with van der Waals surface area (Å²) in [6.45, 7) is 3.53. The Morgan fingerprint density at radius 3 is 2.38 bits per heavy atom. The van der Waals surface area contributed by atoms with Crippen molar-refractivity contribution in [3.63, 3.8) is 0 Å². The van der Waals surface area contributed by atoms with E-state index in [0.717, 1.165) is 37.4 Å². The molecule has 2 heterocycles. The van der Waals surface area contributed by atoms with E-state index in [-0.39, 0.29) is 5.82 Å². The van der Waals surface area contributed by atoms with E-state index in [1.54, 1.807) is 19.2 Å². The molecular weight excluding hydrogens is 305 g/mol. The van der Waals surface area contributed by atoms with Crippen LogP contribution in [-0.2, 0) is 24.3 Å². The van der Waals surface area contributed by atoms with Gasteiger partial charge in [-0.2, -0.15) is 0 Å². The SMILES string of the molecule is COCc1ncc(CN2CCC(Cc3ccc(F)cc3)CC2)cn1. The number of piperidine rings is 1. The van der Waals surface area contributed by atoms with Gasteiger partial charge >= 0.3 is 0 Å². The van der Waals surface area contributed by atoms with Crippen molar-refractivity contribution in [2.75, 3.05) is 20.2 Å². The molecule has 1 fully saturated rings. The van der Waals surface area contributed by atoms with Crippen LogP contribution in [0.5, 0.6) is 0 Å². The summed E-state index contributed by atoms with van der Waals surface area (Å²) in [6.07, 6.45) is 7.20. The number of nitrogens with zero attached hydrogens (tertiary/aromatic N) is 3. The van der Waals surface area contributed by atoms with E-state index in [9.17, 15) is 4.39 Å². The molecule has 0 spiro atoms. The fraction of sp³-hybridized carbons (Fsp3) is 0.474. The van der Waals surface area contributed by atoms with Gasteiger partial charge < -0.3 is 4.74 Å². The number of ether oxygens (including phenoxy) is 1. The van der Waals surface area contributed by atoms with Gasteiger partial charge in [-0.25, -0.2) is 14.4 Å². The highest BCUT2D eigenvalue weighted by Crippen LogP contribution is 2.22. The highest BCUT2D eigenvalue weighted by atomic mass is 19.1. The first-order chi connectivity index (χ1) is 11.7. The Morgan fingerprint density at radius 2 is 1.75 bits per heavy atom. The summed E-state index contributed by atoms with van der Waals surface area (Å²) in [4.78, 5) is 11.1. The van der Waals surface area contributed by atoms with E-state index in [0.29, 0.717) is 12.5 Å². The van der Waals surface area contributed by atoms with Crippen LogP contribution < -0.4 is 0 Å². The number of aromatic nitrogens is 2. The summed E-state index contributed by atoms with van der Waals surface area (Å²) in [5.74, 6) is 1.25. The zero-order chi connectivity index (χ0) is 16.8. The second-order valence-electron chi connectivity index (χ2n) is 6.49. The molecule has 0 atom stereocenters. The van der Waals surface area contributed by atoms with Crippen LogP contribution in [0.1, 0.15) is 29.8 Å². The second-order valence-corrected chi connectivity index (χ2v) is 6.49. The summed E-state index contributed by atoms with van der Waals surface area (Å²) < 4.78 is 18.0. The summed E-state index contributed by atoms with van der Waals surface area (Å²) >= 11 is 0. The first kappa shape index (κ1) is 17.0. The number of rotatable bonds is 6. The molecule has 1 aliphatic heterocycles. The molecule has 1 saturated heterocycles. The molecule has 4 nitrogen and oxygen atoms in total. The molecule has 0 N–H and O–H groups in total. The average molecular weight is 329 g/mol. The maximum atomic E-state index is 13.0. The lowest BCUT2D eigenvalue weighted by Crippen LogP contribution is -2.34. The van der Waals surface area contributed by atoms with Gasteiger partial charge in [-0.05, 0) is 56.0 Å². The van der Waals surface area contributed by atoms with Crippen LogP contribution in [0.4, 0.5) is 4.39 Å². The highest BCUT2D eigenvalue weighted by molar-refractivity contribution is 5.16. The number of likely N-dealkylation sites (tertiary alicyclic amines) is 1. The van der Waals surface area contributed by atoms with Gasteiger partial charge in [0.1, 0.15) is 12.4 Å². The smallest absolute Gasteiger partial charge is 0.153 e. The van der Waals surface area contributed by atoms with Crippen molar-refractivity contribution in [1.82, 2.24) is 14.9 Å². The average Bonchev–Trinajstić information content (AvgIpc) is 2.61. The molecule has 1 aromatic heterocycles. The van der Waals surface area contributed by atoms with Gasteiger partial charge in [0.05, 0.1) is 0 Å². The van der Waals surface area contributed by atoms with Crippen molar-refractivity contribution in [2.24, 2.45) is 5.92 Å². The monoisotopic (exact) mass is 329 g/mol. The Kier molecular flexibility index (Phi) is 5.88. The number of halogens is 1. The maximum Gasteiger partial charge on any atom is 0.153 e. The third kappa shape index (κ3) is 4.82. The molecule has 24 heavy (non-hydrogen) atoms. The Morgan fingerprint density at radius 1 is 1.08 bits per heavy atom. The van der Waals surface area contributed by atoms with Crippen LogP contribution in [0.2, 0.25) is 0 Å². The molecule has 5 heteroatoms. The third-order valence-electron chi connectivity index (χ3n) is 4.58. The molecule has 2 aromatic rings. The van der Waals surface area contributed by atoms with Gasteiger partial charge in [-0.3, -0.25) is 4.90 Å². The number of hydrogen-bond acceptors (Lipinski definition) is 4. The Balaban J connectivity index is 1.45. The van der Waals surface area contributed by atoms with E-state index >= 15 is 0 Å². The Bertz CT molecular complexity index is 622. The minimum absolute atomic E-state index is 0.160. The maximum absolute atomic E-state index is 13.0. The summed E-state index contributed by atoms with van der Waals surface area (Å²) in [5, 5.41) is 0. The van der Waals surface area contributed by atoms with Crippen molar-refractivity contribution >= 4 is 0 Å². The molecule has 1 aliphatic rings. The van der Waals surface area contributed by atoms with Gasteiger partial charge in [0, 0.05) is 31.6 Å². The van der Waals surface area contributed by atoms with Crippen molar-refractivity contribution in [3.8, 4) is 0 Å². The van der Waals surface area contributed by atoms with E-state index in [1.165, 1.54) is 18.4 Å². The summed E-state index contributed by atoms with van der Waals surface area (Å²) in [6, 6.07) is 6.91. The van der Waals surface area contributed by atoms with E-state index < -0.39 is 0 Å². The van der Waals surface area contributed by atoms with Gasteiger partial charge in [0.2, 0.25) is 0 Å². The fourth-order valence-corrected chi connectivity index (χ4v) is 3.23. The molecule has 0 bridgehead atoms. The largest absolute Gasteiger partial charge is 0.377 e. The normalized spacial score (nSPS) is 16.4. The molecule has 0 radical (unpaired) electrons. The number of hydrogen-bond donors (Lipinski definition) is 0. The van der Waals surface area contributed by atoms with Gasteiger partial charge in [-0.15, -0.1) is 0 Å². The first-order valence-electron chi connectivity index (χ1n) is 8.48. The zero-order valence-electron chi connectivity index (χ0n) is 14.1. The third-order valence-corrected chi connectivity index (χ3v) is 4.58. The van der Waals surface area contributed by atoms with Crippen LogP contribution >= 0.6 is 0 Å². The zero-order valence-corrected chi connectivity index (χ0v) is 14.1. The first-order valence-corrected chi connectivity index (χ1v) is 8.48. The number of methoxy groups -OCH3 is 1. The van der Waals surface area contributed by atoms with Crippen LogP contribution in [0, 0.1) is 11.7 Å². The van der Waals surface area contributed by atoms with Crippen LogP contribution in [0.3, 0.4) is 0 Å². The minimum atomic E-state index is -0.160. The van der Waals surface area contributed by atoms with Crippen molar-refractivity contribution < 1.29 is 9.13 Å². The van der Waals surface area contributed by atoms with Crippen molar-refractivity contribution in [3.05, 3.63) is 59.4 Å². The Labute approximate surface area is 142 Å². The second kappa shape index (κ2) is 8.31. The van der Waals surface area contributed by atoms with Crippen molar-refractivity contribution in [2.45, 2.75) is 32.4 Å². The van der Waals surface area contributed by atoms with Crippen LogP contribution in [0.25, 0.3) is 0 Å². The van der Waals surface area contributed by atoms with Crippen LogP contribution in [-0.4, -0.2) is 35.1 Å². The topological polar surface area (TPSA) is 38.2 Å². The lowest BCUT2D eigenvalue weighted by atomic mass is 9.90.